The number of nitrogens with zero attached hydrogens (tertiary/aromatic N) is 4. The molecular formula is C19H25N5O3. The van der Waals surface area contributed by atoms with E-state index in [9.17, 15) is 4.79 Å². The number of carbonyl (C=O) groups is 1. The molecular weight excluding hydrogens is 346 g/mol. The molecule has 0 aliphatic carbocycles. The van der Waals surface area contributed by atoms with Crippen molar-refractivity contribution in [1.29, 1.82) is 0 Å². The van der Waals surface area contributed by atoms with Crippen molar-refractivity contribution in [3.8, 4) is 5.88 Å². The predicted molar refractivity (Wildman–Crippen MR) is 101 cm³/mol. The SMILES string of the molecule is Cc1ccc(Nc2cc(OC3CCN(C(=O)OC(C)C)CC3)ncn2)nc1. The minimum Gasteiger partial charge on any atom is -0.474 e. The molecule has 8 heteroatoms. The molecule has 2 aromatic rings. The lowest BCUT2D eigenvalue weighted by Gasteiger charge is -2.31. The summed E-state index contributed by atoms with van der Waals surface area (Å²) in [6.07, 6.45) is 4.36. The van der Waals surface area contributed by atoms with Crippen molar-refractivity contribution in [3.05, 3.63) is 36.3 Å². The van der Waals surface area contributed by atoms with Gasteiger partial charge in [-0.3, -0.25) is 0 Å². The quantitative estimate of drug-likeness (QED) is 0.862. The maximum absolute atomic E-state index is 11.9. The van der Waals surface area contributed by atoms with Gasteiger partial charge in [0.05, 0.1) is 6.10 Å². The largest absolute Gasteiger partial charge is 0.474 e. The zero-order valence-electron chi connectivity index (χ0n) is 15.9. The van der Waals surface area contributed by atoms with Crippen molar-refractivity contribution in [2.75, 3.05) is 18.4 Å². The summed E-state index contributed by atoms with van der Waals surface area (Å²) in [6, 6.07) is 5.62. The number of carbonyl (C=O) groups excluding carboxylic acids is 1. The second-order valence-corrected chi connectivity index (χ2v) is 6.82. The van der Waals surface area contributed by atoms with E-state index in [1.54, 1.807) is 17.2 Å². The Labute approximate surface area is 158 Å². The van der Waals surface area contributed by atoms with Crippen LogP contribution in [0.25, 0.3) is 0 Å². The van der Waals surface area contributed by atoms with Crippen LogP contribution in [0.4, 0.5) is 16.4 Å². The molecule has 1 aliphatic heterocycles. The highest BCUT2D eigenvalue weighted by Gasteiger charge is 2.25. The number of aromatic nitrogens is 3. The average Bonchev–Trinajstić information content (AvgIpc) is 2.64. The Morgan fingerprint density at radius 2 is 1.96 bits per heavy atom. The number of hydrogen-bond acceptors (Lipinski definition) is 7. The summed E-state index contributed by atoms with van der Waals surface area (Å²) in [5.41, 5.74) is 1.09. The molecule has 27 heavy (non-hydrogen) atoms. The minimum absolute atomic E-state index is 0.00773. The fourth-order valence-electron chi connectivity index (χ4n) is 2.75. The van der Waals surface area contributed by atoms with E-state index in [0.29, 0.717) is 30.6 Å². The molecule has 0 aromatic carbocycles. The number of anilines is 2. The average molecular weight is 371 g/mol. The van der Waals surface area contributed by atoms with Gasteiger partial charge in [0, 0.05) is 38.2 Å². The van der Waals surface area contributed by atoms with E-state index in [1.807, 2.05) is 32.9 Å². The number of pyridine rings is 1. The maximum Gasteiger partial charge on any atom is 0.410 e. The first-order chi connectivity index (χ1) is 13.0. The number of nitrogens with one attached hydrogen (secondary N) is 1. The van der Waals surface area contributed by atoms with Crippen molar-refractivity contribution in [2.45, 2.75) is 45.8 Å². The van der Waals surface area contributed by atoms with Gasteiger partial charge in [0.1, 0.15) is 24.1 Å². The highest BCUT2D eigenvalue weighted by Crippen LogP contribution is 2.21. The molecule has 1 amide bonds. The minimum atomic E-state index is -0.262. The summed E-state index contributed by atoms with van der Waals surface area (Å²) in [6.45, 7) is 6.90. The van der Waals surface area contributed by atoms with Crippen LogP contribution in [-0.2, 0) is 4.74 Å². The molecule has 0 unspecified atom stereocenters. The smallest absolute Gasteiger partial charge is 0.410 e. The summed E-state index contributed by atoms with van der Waals surface area (Å²) in [5, 5.41) is 3.14. The van der Waals surface area contributed by atoms with E-state index in [2.05, 4.69) is 20.3 Å². The summed E-state index contributed by atoms with van der Waals surface area (Å²) in [4.78, 5) is 26.3. The Kier molecular flexibility index (Phi) is 6.05. The van der Waals surface area contributed by atoms with Gasteiger partial charge in [-0.1, -0.05) is 6.07 Å². The van der Waals surface area contributed by atoms with Crippen LogP contribution in [0.2, 0.25) is 0 Å². The third-order valence-electron chi connectivity index (χ3n) is 4.13. The lowest BCUT2D eigenvalue weighted by molar-refractivity contribution is 0.0507. The first-order valence-corrected chi connectivity index (χ1v) is 9.13. The monoisotopic (exact) mass is 371 g/mol. The number of aryl methyl sites for hydroxylation is 1. The van der Waals surface area contributed by atoms with E-state index in [-0.39, 0.29) is 18.3 Å². The molecule has 3 heterocycles. The second-order valence-electron chi connectivity index (χ2n) is 6.82. The molecule has 2 aromatic heterocycles. The van der Waals surface area contributed by atoms with Crippen LogP contribution in [0, 0.1) is 6.92 Å². The molecule has 3 rings (SSSR count). The highest BCUT2D eigenvalue weighted by molar-refractivity contribution is 5.67. The normalized spacial score (nSPS) is 14.9. The van der Waals surface area contributed by atoms with Crippen LogP contribution >= 0.6 is 0 Å². The van der Waals surface area contributed by atoms with Crippen LogP contribution in [0.5, 0.6) is 5.88 Å². The molecule has 0 atom stereocenters. The number of likely N-dealkylation sites (tertiary alicyclic amines) is 1. The van der Waals surface area contributed by atoms with Gasteiger partial charge < -0.3 is 19.7 Å². The van der Waals surface area contributed by atoms with Gasteiger partial charge >= 0.3 is 6.09 Å². The fourth-order valence-corrected chi connectivity index (χ4v) is 2.75. The molecule has 0 bridgehead atoms. The number of rotatable bonds is 5. The van der Waals surface area contributed by atoms with Crippen molar-refractivity contribution < 1.29 is 14.3 Å². The summed E-state index contributed by atoms with van der Waals surface area (Å²) in [7, 11) is 0. The van der Waals surface area contributed by atoms with Gasteiger partial charge in [0.15, 0.2) is 0 Å². The van der Waals surface area contributed by atoms with E-state index in [0.717, 1.165) is 18.4 Å². The molecule has 0 spiro atoms. The van der Waals surface area contributed by atoms with Crippen LogP contribution in [0.1, 0.15) is 32.3 Å². The van der Waals surface area contributed by atoms with Crippen molar-refractivity contribution in [2.24, 2.45) is 0 Å². The lowest BCUT2D eigenvalue weighted by Crippen LogP contribution is -2.42. The van der Waals surface area contributed by atoms with Gasteiger partial charge in [0.2, 0.25) is 5.88 Å². The fraction of sp³-hybridized carbons (Fsp3) is 0.474. The Bertz CT molecular complexity index is 758. The standard InChI is InChI=1S/C19H25N5O3/c1-13(2)26-19(25)24-8-6-15(7-9-24)27-18-10-17(21-12-22-18)23-16-5-4-14(3)11-20-16/h4-5,10-13,15H,6-9H2,1-3H3,(H,20,21,22,23). The van der Waals surface area contributed by atoms with Crippen LogP contribution in [0.15, 0.2) is 30.7 Å². The molecule has 1 aliphatic rings. The van der Waals surface area contributed by atoms with Gasteiger partial charge in [-0.2, -0.15) is 0 Å². The van der Waals surface area contributed by atoms with Crippen LogP contribution < -0.4 is 10.1 Å². The third kappa shape index (κ3) is 5.54. The Hall–Kier alpha value is -2.90. The molecule has 1 fully saturated rings. The van der Waals surface area contributed by atoms with Gasteiger partial charge in [-0.15, -0.1) is 0 Å². The van der Waals surface area contributed by atoms with E-state index < -0.39 is 0 Å². The Balaban J connectivity index is 1.53. The number of hydrogen-bond donors (Lipinski definition) is 1. The molecule has 8 nitrogen and oxygen atoms in total. The molecule has 1 N–H and O–H groups in total. The van der Waals surface area contributed by atoms with Crippen molar-refractivity contribution in [3.63, 3.8) is 0 Å². The summed E-state index contributed by atoms with van der Waals surface area (Å²) in [5.74, 6) is 1.83. The van der Waals surface area contributed by atoms with E-state index in [4.69, 9.17) is 9.47 Å². The van der Waals surface area contributed by atoms with Crippen molar-refractivity contribution in [1.82, 2.24) is 19.9 Å². The predicted octanol–water partition coefficient (Wildman–Crippen LogP) is 3.31. The molecule has 0 saturated carbocycles. The Morgan fingerprint density at radius 3 is 2.63 bits per heavy atom. The van der Waals surface area contributed by atoms with Crippen molar-refractivity contribution >= 4 is 17.7 Å². The van der Waals surface area contributed by atoms with Crippen LogP contribution in [0.3, 0.4) is 0 Å². The second kappa shape index (κ2) is 8.66. The zero-order valence-corrected chi connectivity index (χ0v) is 15.9. The maximum atomic E-state index is 11.9. The molecule has 1 saturated heterocycles. The number of amides is 1. The van der Waals surface area contributed by atoms with Gasteiger partial charge in [-0.05, 0) is 32.4 Å². The Morgan fingerprint density at radius 1 is 1.19 bits per heavy atom. The first kappa shape index (κ1) is 18.9. The molecule has 0 radical (unpaired) electrons. The molecule has 144 valence electrons. The lowest BCUT2D eigenvalue weighted by atomic mass is 10.1. The topological polar surface area (TPSA) is 89.5 Å². The first-order valence-electron chi connectivity index (χ1n) is 9.13. The van der Waals surface area contributed by atoms with E-state index in [1.165, 1.54) is 6.33 Å². The van der Waals surface area contributed by atoms with E-state index >= 15 is 0 Å². The number of piperidine rings is 1. The third-order valence-corrected chi connectivity index (χ3v) is 4.13. The highest BCUT2D eigenvalue weighted by atomic mass is 16.6. The summed E-state index contributed by atoms with van der Waals surface area (Å²) >= 11 is 0. The van der Waals surface area contributed by atoms with Gasteiger partial charge in [-0.25, -0.2) is 19.7 Å². The van der Waals surface area contributed by atoms with Crippen LogP contribution in [-0.4, -0.2) is 51.2 Å². The number of ether oxygens (including phenoxy) is 2. The zero-order chi connectivity index (χ0) is 19.2. The summed E-state index contributed by atoms with van der Waals surface area (Å²) < 4.78 is 11.2. The van der Waals surface area contributed by atoms with Gasteiger partial charge in [0.25, 0.3) is 0 Å².